The predicted octanol–water partition coefficient (Wildman–Crippen LogP) is 4.17. The third kappa shape index (κ3) is 3.43. The zero-order chi connectivity index (χ0) is 12.3. The second-order valence-electron chi connectivity index (χ2n) is 4.17. The Bertz CT molecular complexity index is 494. The normalized spacial score (nSPS) is 12.2. The van der Waals surface area contributed by atoms with E-state index in [4.69, 9.17) is 0 Å². The molecule has 17 heavy (non-hydrogen) atoms. The molecule has 0 bridgehead atoms. The summed E-state index contributed by atoms with van der Waals surface area (Å²) in [5, 5.41) is 3.45. The first-order valence-electron chi connectivity index (χ1n) is 5.59. The lowest BCUT2D eigenvalue weighted by Gasteiger charge is -2.15. The van der Waals surface area contributed by atoms with Gasteiger partial charge in [-0.25, -0.2) is 0 Å². The molecule has 3 heteroatoms. The van der Waals surface area contributed by atoms with Crippen LogP contribution >= 0.6 is 22.6 Å². The van der Waals surface area contributed by atoms with Crippen molar-refractivity contribution < 1.29 is 0 Å². The van der Waals surface area contributed by atoms with Gasteiger partial charge in [0.25, 0.3) is 0 Å². The molecule has 0 aliphatic carbocycles. The van der Waals surface area contributed by atoms with Crippen LogP contribution in [0.15, 0.2) is 42.7 Å². The largest absolute Gasteiger partial charge is 0.377 e. The zero-order valence-electron chi connectivity index (χ0n) is 9.94. The number of aryl methyl sites for hydroxylation is 1. The maximum Gasteiger partial charge on any atom is 0.0534 e. The first kappa shape index (κ1) is 12.4. The van der Waals surface area contributed by atoms with E-state index in [0.717, 1.165) is 5.69 Å². The molecule has 0 saturated carbocycles. The fourth-order valence-corrected chi connectivity index (χ4v) is 2.08. The smallest absolute Gasteiger partial charge is 0.0534 e. The molecular weight excluding hydrogens is 323 g/mol. The number of rotatable bonds is 3. The minimum Gasteiger partial charge on any atom is -0.377 e. The monoisotopic (exact) mass is 338 g/mol. The topological polar surface area (TPSA) is 24.9 Å². The van der Waals surface area contributed by atoms with Gasteiger partial charge in [0.1, 0.15) is 0 Å². The number of nitrogens with one attached hydrogen (secondary N) is 1. The van der Waals surface area contributed by atoms with E-state index in [1.54, 1.807) is 0 Å². The number of halogens is 1. The van der Waals surface area contributed by atoms with E-state index in [2.05, 4.69) is 70.1 Å². The predicted molar refractivity (Wildman–Crippen MR) is 80.2 cm³/mol. The van der Waals surface area contributed by atoms with E-state index >= 15 is 0 Å². The number of anilines is 1. The molecule has 1 aromatic heterocycles. The van der Waals surface area contributed by atoms with E-state index < -0.39 is 0 Å². The molecule has 2 nitrogen and oxygen atoms in total. The van der Waals surface area contributed by atoms with Crippen LogP contribution in [0.25, 0.3) is 0 Å². The van der Waals surface area contributed by atoms with E-state index in [1.807, 2.05) is 19.3 Å². The molecule has 1 N–H and O–H groups in total. The first-order valence-corrected chi connectivity index (χ1v) is 6.66. The average molecular weight is 338 g/mol. The molecule has 2 rings (SSSR count). The van der Waals surface area contributed by atoms with Gasteiger partial charge in [0.05, 0.1) is 5.69 Å². The van der Waals surface area contributed by atoms with Crippen LogP contribution in [0.5, 0.6) is 0 Å². The number of aromatic nitrogens is 1. The van der Waals surface area contributed by atoms with Gasteiger partial charge in [-0.2, -0.15) is 0 Å². The minimum atomic E-state index is 0.288. The summed E-state index contributed by atoms with van der Waals surface area (Å²) in [6, 6.07) is 11.0. The summed E-state index contributed by atoms with van der Waals surface area (Å²) < 4.78 is 1.26. The average Bonchev–Trinajstić information content (AvgIpc) is 2.29. The molecule has 1 heterocycles. The van der Waals surface area contributed by atoms with Gasteiger partial charge >= 0.3 is 0 Å². The van der Waals surface area contributed by atoms with Gasteiger partial charge in [0.2, 0.25) is 0 Å². The van der Waals surface area contributed by atoms with Gasteiger partial charge in [-0.1, -0.05) is 12.1 Å². The highest BCUT2D eigenvalue weighted by molar-refractivity contribution is 14.1. The molecule has 0 radical (unpaired) electrons. The Morgan fingerprint density at radius 3 is 2.53 bits per heavy atom. The fourth-order valence-electron chi connectivity index (χ4n) is 1.72. The molecular formula is C14H15IN2. The lowest BCUT2D eigenvalue weighted by atomic mass is 10.1. The number of hydrogen-bond acceptors (Lipinski definition) is 2. The van der Waals surface area contributed by atoms with E-state index in [-0.39, 0.29) is 6.04 Å². The van der Waals surface area contributed by atoms with Gasteiger partial charge in [-0.05, 0) is 65.8 Å². The second kappa shape index (κ2) is 5.49. The summed E-state index contributed by atoms with van der Waals surface area (Å²) in [6.07, 6.45) is 3.72. The van der Waals surface area contributed by atoms with Crippen LogP contribution in [0.2, 0.25) is 0 Å². The van der Waals surface area contributed by atoms with Crippen molar-refractivity contribution in [3.05, 3.63) is 57.4 Å². The quantitative estimate of drug-likeness (QED) is 0.850. The Kier molecular flexibility index (Phi) is 3.99. The number of nitrogens with zero attached hydrogens (tertiary/aromatic N) is 1. The van der Waals surface area contributed by atoms with Crippen LogP contribution < -0.4 is 5.32 Å². The van der Waals surface area contributed by atoms with Crippen LogP contribution in [0.3, 0.4) is 0 Å². The highest BCUT2D eigenvalue weighted by Crippen LogP contribution is 2.19. The summed E-state index contributed by atoms with van der Waals surface area (Å²) in [4.78, 5) is 4.18. The standard InChI is InChI=1S/C14H15IN2/c1-10-7-14(9-16-8-10)17-11(2)12-3-5-13(15)6-4-12/h3-9,11,17H,1-2H3. The third-order valence-corrected chi connectivity index (χ3v) is 3.35. The van der Waals surface area contributed by atoms with E-state index in [9.17, 15) is 0 Å². The maximum atomic E-state index is 4.18. The summed E-state index contributed by atoms with van der Waals surface area (Å²) in [7, 11) is 0. The molecule has 0 saturated heterocycles. The lowest BCUT2D eigenvalue weighted by molar-refractivity contribution is 0.882. The highest BCUT2D eigenvalue weighted by Gasteiger charge is 2.05. The Hall–Kier alpha value is -1.10. The zero-order valence-corrected chi connectivity index (χ0v) is 12.1. The molecule has 0 amide bonds. The van der Waals surface area contributed by atoms with Crippen molar-refractivity contribution in [1.29, 1.82) is 0 Å². The van der Waals surface area contributed by atoms with Crippen molar-refractivity contribution in [2.24, 2.45) is 0 Å². The lowest BCUT2D eigenvalue weighted by Crippen LogP contribution is -2.06. The number of hydrogen-bond donors (Lipinski definition) is 1. The Morgan fingerprint density at radius 2 is 1.88 bits per heavy atom. The summed E-state index contributed by atoms with van der Waals surface area (Å²) in [5.41, 5.74) is 3.52. The summed E-state index contributed by atoms with van der Waals surface area (Å²) >= 11 is 2.32. The molecule has 0 spiro atoms. The van der Waals surface area contributed by atoms with Crippen LogP contribution in [-0.4, -0.2) is 4.98 Å². The Morgan fingerprint density at radius 1 is 1.18 bits per heavy atom. The van der Waals surface area contributed by atoms with Crippen LogP contribution in [0.4, 0.5) is 5.69 Å². The van der Waals surface area contributed by atoms with Crippen LogP contribution in [0, 0.1) is 10.5 Å². The molecule has 1 aromatic carbocycles. The SMILES string of the molecule is Cc1cncc(NC(C)c2ccc(I)cc2)c1. The summed E-state index contributed by atoms with van der Waals surface area (Å²) in [5.74, 6) is 0. The van der Waals surface area contributed by atoms with Crippen molar-refractivity contribution in [3.8, 4) is 0 Å². The molecule has 88 valence electrons. The number of pyridine rings is 1. The van der Waals surface area contributed by atoms with E-state index in [1.165, 1.54) is 14.7 Å². The molecule has 1 atom stereocenters. The van der Waals surface area contributed by atoms with Crippen molar-refractivity contribution in [3.63, 3.8) is 0 Å². The maximum absolute atomic E-state index is 4.18. The molecule has 0 fully saturated rings. The van der Waals surface area contributed by atoms with Crippen molar-refractivity contribution in [2.75, 3.05) is 5.32 Å². The minimum absolute atomic E-state index is 0.288. The summed E-state index contributed by atoms with van der Waals surface area (Å²) in [6.45, 7) is 4.21. The van der Waals surface area contributed by atoms with Gasteiger partial charge in [0, 0.05) is 22.0 Å². The highest BCUT2D eigenvalue weighted by atomic mass is 127. The van der Waals surface area contributed by atoms with Crippen LogP contribution in [-0.2, 0) is 0 Å². The first-order chi connectivity index (χ1) is 8.15. The Balaban J connectivity index is 2.11. The van der Waals surface area contributed by atoms with Crippen LogP contribution in [0.1, 0.15) is 24.1 Å². The molecule has 2 aromatic rings. The van der Waals surface area contributed by atoms with E-state index in [0.29, 0.717) is 0 Å². The third-order valence-electron chi connectivity index (χ3n) is 2.63. The van der Waals surface area contributed by atoms with Crippen molar-refractivity contribution in [1.82, 2.24) is 4.98 Å². The molecule has 0 aliphatic rings. The fraction of sp³-hybridized carbons (Fsp3) is 0.214. The van der Waals surface area contributed by atoms with Gasteiger partial charge in [-0.15, -0.1) is 0 Å². The molecule has 0 aliphatic heterocycles. The van der Waals surface area contributed by atoms with Gasteiger partial charge < -0.3 is 5.32 Å². The van der Waals surface area contributed by atoms with Crippen molar-refractivity contribution in [2.45, 2.75) is 19.9 Å². The second-order valence-corrected chi connectivity index (χ2v) is 5.41. The van der Waals surface area contributed by atoms with Crippen molar-refractivity contribution >= 4 is 28.3 Å². The Labute approximate surface area is 116 Å². The van der Waals surface area contributed by atoms with Gasteiger partial charge in [0.15, 0.2) is 0 Å². The van der Waals surface area contributed by atoms with Gasteiger partial charge in [-0.3, -0.25) is 4.98 Å². The number of benzene rings is 1. The molecule has 1 unspecified atom stereocenters.